The first-order valence-electron chi connectivity index (χ1n) is 9.28. The Kier molecular flexibility index (Phi) is 6.97. The van der Waals surface area contributed by atoms with Crippen LogP contribution in [0.25, 0.3) is 0 Å². The van der Waals surface area contributed by atoms with Gasteiger partial charge >= 0.3 is 0 Å². The summed E-state index contributed by atoms with van der Waals surface area (Å²) in [6.45, 7) is 1.85. The van der Waals surface area contributed by atoms with Crippen molar-refractivity contribution in [2.45, 2.75) is 24.3 Å². The van der Waals surface area contributed by atoms with E-state index in [2.05, 4.69) is 10.0 Å². The van der Waals surface area contributed by atoms with Crippen molar-refractivity contribution < 1.29 is 17.9 Å². The number of carbonyl (C=O) groups is 1. The van der Waals surface area contributed by atoms with Crippen LogP contribution < -0.4 is 14.8 Å². The van der Waals surface area contributed by atoms with Crippen LogP contribution in [0.15, 0.2) is 83.8 Å². The smallest absolute Gasteiger partial charge is 0.265 e. The van der Waals surface area contributed by atoms with Gasteiger partial charge in [-0.1, -0.05) is 36.7 Å². The molecule has 0 aromatic heterocycles. The molecule has 30 heavy (non-hydrogen) atoms. The van der Waals surface area contributed by atoms with Gasteiger partial charge in [0.05, 0.1) is 4.90 Å². The second kappa shape index (κ2) is 9.65. The number of rotatable bonds is 8. The normalized spacial score (nSPS) is 12.1. The Morgan fingerprint density at radius 1 is 0.933 bits per heavy atom. The van der Waals surface area contributed by atoms with Crippen molar-refractivity contribution in [2.24, 2.45) is 0 Å². The molecule has 0 saturated carbocycles. The molecule has 1 amide bonds. The maximum Gasteiger partial charge on any atom is 0.265 e. The van der Waals surface area contributed by atoms with E-state index in [1.165, 1.54) is 24.3 Å². The van der Waals surface area contributed by atoms with Gasteiger partial charge in [-0.3, -0.25) is 9.52 Å². The molecule has 0 spiro atoms. The molecule has 0 saturated heterocycles. The molecule has 0 aliphatic heterocycles. The molecule has 8 heteroatoms. The maximum absolute atomic E-state index is 12.5. The number of nitrogens with one attached hydrogen (secondary N) is 2. The van der Waals surface area contributed by atoms with E-state index in [9.17, 15) is 13.2 Å². The van der Waals surface area contributed by atoms with Gasteiger partial charge in [0.25, 0.3) is 15.9 Å². The summed E-state index contributed by atoms with van der Waals surface area (Å²) in [5.41, 5.74) is 0.876. The molecule has 3 rings (SSSR count). The molecule has 0 fully saturated rings. The van der Waals surface area contributed by atoms with E-state index < -0.39 is 16.1 Å². The largest absolute Gasteiger partial charge is 0.481 e. The molecule has 0 aliphatic rings. The monoisotopic (exact) mass is 444 g/mol. The van der Waals surface area contributed by atoms with Crippen molar-refractivity contribution in [1.82, 2.24) is 0 Å². The number of hydrogen-bond donors (Lipinski definition) is 2. The number of sulfonamides is 1. The minimum Gasteiger partial charge on any atom is -0.481 e. The first-order valence-corrected chi connectivity index (χ1v) is 11.1. The second-order valence-electron chi connectivity index (χ2n) is 6.45. The lowest BCUT2D eigenvalue weighted by Crippen LogP contribution is -2.32. The van der Waals surface area contributed by atoms with E-state index in [1.807, 2.05) is 25.1 Å². The van der Waals surface area contributed by atoms with Crippen molar-refractivity contribution >= 4 is 38.9 Å². The average molecular weight is 445 g/mol. The van der Waals surface area contributed by atoms with Gasteiger partial charge in [-0.2, -0.15) is 0 Å². The molecular formula is C22H21ClN2O4S. The highest BCUT2D eigenvalue weighted by Crippen LogP contribution is 2.20. The Labute approximate surface area is 180 Å². The van der Waals surface area contributed by atoms with E-state index in [0.29, 0.717) is 28.6 Å². The average Bonchev–Trinajstić information content (AvgIpc) is 2.74. The molecular weight excluding hydrogens is 424 g/mol. The minimum atomic E-state index is -3.76. The second-order valence-corrected chi connectivity index (χ2v) is 8.57. The number of anilines is 2. The molecule has 3 aromatic carbocycles. The van der Waals surface area contributed by atoms with Crippen molar-refractivity contribution in [1.29, 1.82) is 0 Å². The number of hydrogen-bond acceptors (Lipinski definition) is 4. The molecule has 0 unspecified atom stereocenters. The molecule has 156 valence electrons. The van der Waals surface area contributed by atoms with Gasteiger partial charge in [0.2, 0.25) is 0 Å². The summed E-state index contributed by atoms with van der Waals surface area (Å²) in [5, 5.41) is 3.27. The van der Waals surface area contributed by atoms with Gasteiger partial charge in [-0.25, -0.2) is 8.42 Å². The molecule has 1 atom stereocenters. The zero-order valence-electron chi connectivity index (χ0n) is 16.2. The van der Waals surface area contributed by atoms with Crippen LogP contribution in [0.4, 0.5) is 11.4 Å². The fourth-order valence-corrected chi connectivity index (χ4v) is 3.84. The van der Waals surface area contributed by atoms with Crippen LogP contribution in [0.1, 0.15) is 13.3 Å². The summed E-state index contributed by atoms with van der Waals surface area (Å²) in [4.78, 5) is 12.6. The number of ether oxygens (including phenoxy) is 1. The highest BCUT2D eigenvalue weighted by atomic mass is 35.5. The van der Waals surface area contributed by atoms with Crippen molar-refractivity contribution in [2.75, 3.05) is 10.0 Å². The van der Waals surface area contributed by atoms with Crippen LogP contribution in [0.3, 0.4) is 0 Å². The summed E-state index contributed by atoms with van der Waals surface area (Å²) in [6.07, 6.45) is -0.180. The number of para-hydroxylation sites is 1. The molecule has 0 aliphatic carbocycles. The van der Waals surface area contributed by atoms with E-state index in [1.54, 1.807) is 36.4 Å². The van der Waals surface area contributed by atoms with Crippen molar-refractivity contribution in [3.63, 3.8) is 0 Å². The van der Waals surface area contributed by atoms with Gasteiger partial charge in [0.1, 0.15) is 5.75 Å². The molecule has 0 radical (unpaired) electrons. The van der Waals surface area contributed by atoms with Gasteiger partial charge < -0.3 is 10.1 Å². The highest BCUT2D eigenvalue weighted by Gasteiger charge is 2.19. The molecule has 0 heterocycles. The number of carbonyl (C=O) groups excluding carboxylic acids is 1. The molecule has 2 N–H and O–H groups in total. The Balaban J connectivity index is 1.65. The third-order valence-electron chi connectivity index (χ3n) is 4.21. The van der Waals surface area contributed by atoms with Gasteiger partial charge in [-0.05, 0) is 67.1 Å². The highest BCUT2D eigenvalue weighted by molar-refractivity contribution is 7.92. The summed E-state index contributed by atoms with van der Waals surface area (Å²) < 4.78 is 33.3. The minimum absolute atomic E-state index is 0.0722. The predicted molar refractivity (Wildman–Crippen MR) is 118 cm³/mol. The topological polar surface area (TPSA) is 84.5 Å². The predicted octanol–water partition coefficient (Wildman–Crippen LogP) is 4.94. The fraction of sp³-hybridized carbons (Fsp3) is 0.136. The van der Waals surface area contributed by atoms with E-state index >= 15 is 0 Å². The van der Waals surface area contributed by atoms with Crippen molar-refractivity contribution in [3.05, 3.63) is 83.9 Å². The lowest BCUT2D eigenvalue weighted by atomic mass is 10.2. The molecule has 0 bridgehead atoms. The Bertz CT molecular complexity index is 1090. The van der Waals surface area contributed by atoms with E-state index in [4.69, 9.17) is 16.3 Å². The molecule has 3 aromatic rings. The number of halogens is 1. The van der Waals surface area contributed by atoms with Crippen LogP contribution in [0.2, 0.25) is 5.02 Å². The lowest BCUT2D eigenvalue weighted by molar-refractivity contribution is -0.122. The van der Waals surface area contributed by atoms with Gasteiger partial charge in [0.15, 0.2) is 6.10 Å². The number of amides is 1. The first-order chi connectivity index (χ1) is 14.4. The van der Waals surface area contributed by atoms with E-state index in [-0.39, 0.29) is 10.8 Å². The zero-order valence-corrected chi connectivity index (χ0v) is 17.8. The Morgan fingerprint density at radius 2 is 1.53 bits per heavy atom. The van der Waals surface area contributed by atoms with Crippen molar-refractivity contribution in [3.8, 4) is 5.75 Å². The third kappa shape index (κ3) is 5.75. The number of benzene rings is 3. The fourth-order valence-electron chi connectivity index (χ4n) is 2.66. The summed E-state index contributed by atoms with van der Waals surface area (Å²) in [6, 6.07) is 21.3. The maximum atomic E-state index is 12.5. The van der Waals surface area contributed by atoms with Gasteiger partial charge in [0, 0.05) is 16.4 Å². The van der Waals surface area contributed by atoms with E-state index in [0.717, 1.165) is 0 Å². The summed E-state index contributed by atoms with van der Waals surface area (Å²) >= 11 is 5.82. The lowest BCUT2D eigenvalue weighted by Gasteiger charge is -2.17. The first kappa shape index (κ1) is 21.7. The standard InChI is InChI=1S/C22H21ClN2O4S/c1-2-21(29-19-6-4-3-5-7-19)22(26)24-17-12-14-20(15-13-17)30(27,28)25-18-10-8-16(23)9-11-18/h3-15,21,25H,2H2,1H3,(H,24,26)/t21-/m1/s1. The van der Waals surface area contributed by atoms with Crippen LogP contribution in [-0.4, -0.2) is 20.4 Å². The van der Waals surface area contributed by atoms with Gasteiger partial charge in [-0.15, -0.1) is 0 Å². The molecule has 6 nitrogen and oxygen atoms in total. The van der Waals surface area contributed by atoms with Crippen LogP contribution >= 0.6 is 11.6 Å². The summed E-state index contributed by atoms with van der Waals surface area (Å²) in [5.74, 6) is 0.297. The third-order valence-corrected chi connectivity index (χ3v) is 5.86. The van der Waals surface area contributed by atoms with Crippen LogP contribution in [-0.2, 0) is 14.8 Å². The van der Waals surface area contributed by atoms with Crippen LogP contribution in [0.5, 0.6) is 5.75 Å². The van der Waals surface area contributed by atoms with Crippen LogP contribution in [0, 0.1) is 0 Å². The SMILES string of the molecule is CC[C@@H](Oc1ccccc1)C(=O)Nc1ccc(S(=O)(=O)Nc2ccc(Cl)cc2)cc1. The Morgan fingerprint density at radius 3 is 2.13 bits per heavy atom. The quantitative estimate of drug-likeness (QED) is 0.515. The Hall–Kier alpha value is -3.03. The zero-order chi connectivity index (χ0) is 21.6. The summed E-state index contributed by atoms with van der Waals surface area (Å²) in [7, 11) is -3.76.